The molecule has 3 amide bonds. The van der Waals surface area contributed by atoms with Crippen LogP contribution in [-0.4, -0.2) is 54.3 Å². The van der Waals surface area contributed by atoms with E-state index >= 15 is 0 Å². The van der Waals surface area contributed by atoms with Crippen molar-refractivity contribution in [1.29, 1.82) is 0 Å². The van der Waals surface area contributed by atoms with E-state index in [0.717, 1.165) is 22.6 Å². The predicted molar refractivity (Wildman–Crippen MR) is 111 cm³/mol. The van der Waals surface area contributed by atoms with Gasteiger partial charge in [0.05, 0.1) is 24.0 Å². The number of anilines is 1. The van der Waals surface area contributed by atoms with Crippen LogP contribution < -0.4 is 5.32 Å². The van der Waals surface area contributed by atoms with Gasteiger partial charge in [-0.3, -0.25) is 24.1 Å². The summed E-state index contributed by atoms with van der Waals surface area (Å²) in [5, 5.41) is 2.89. The standard InChI is InChI=1S/C21H26N2O7S/c1-3-12-9-15(21(28)29-4-2)18(31-12)22-16(24)11-30-17(25)10-23-19(26)13-7-5-6-8-14(13)20(23)27/h9,13-14H,3-8,10-11H2,1-2H3,(H,22,24)/t13-,14-/m1/s1. The Morgan fingerprint density at radius 3 is 2.32 bits per heavy atom. The lowest BCUT2D eigenvalue weighted by Gasteiger charge is -2.19. The van der Waals surface area contributed by atoms with Gasteiger partial charge in [-0.15, -0.1) is 11.3 Å². The molecule has 1 saturated heterocycles. The Balaban J connectivity index is 1.54. The molecule has 2 aliphatic rings. The van der Waals surface area contributed by atoms with Gasteiger partial charge < -0.3 is 14.8 Å². The first-order valence-corrected chi connectivity index (χ1v) is 11.3. The van der Waals surface area contributed by atoms with E-state index in [9.17, 15) is 24.0 Å². The third kappa shape index (κ3) is 5.12. The lowest BCUT2D eigenvalue weighted by molar-refractivity contribution is -0.154. The van der Waals surface area contributed by atoms with E-state index in [1.807, 2.05) is 6.92 Å². The van der Waals surface area contributed by atoms with E-state index in [4.69, 9.17) is 9.47 Å². The van der Waals surface area contributed by atoms with Gasteiger partial charge in [-0.05, 0) is 32.3 Å². The number of hydrogen-bond donors (Lipinski definition) is 1. The van der Waals surface area contributed by atoms with Crippen molar-refractivity contribution in [2.75, 3.05) is 25.1 Å². The van der Waals surface area contributed by atoms with Crippen molar-refractivity contribution in [1.82, 2.24) is 4.90 Å². The van der Waals surface area contributed by atoms with Gasteiger partial charge in [0.2, 0.25) is 11.8 Å². The Bertz CT molecular complexity index is 870. The summed E-state index contributed by atoms with van der Waals surface area (Å²) in [7, 11) is 0. The highest BCUT2D eigenvalue weighted by Gasteiger charge is 2.48. The number of likely N-dealkylation sites (tertiary alicyclic amines) is 1. The van der Waals surface area contributed by atoms with Crippen molar-refractivity contribution in [2.45, 2.75) is 46.0 Å². The smallest absolute Gasteiger partial charge is 0.341 e. The van der Waals surface area contributed by atoms with Gasteiger partial charge in [0.1, 0.15) is 11.5 Å². The average molecular weight is 451 g/mol. The van der Waals surface area contributed by atoms with E-state index in [-0.39, 0.29) is 35.8 Å². The lowest BCUT2D eigenvalue weighted by Crippen LogP contribution is -2.37. The first-order valence-electron chi connectivity index (χ1n) is 10.5. The molecule has 1 aromatic rings. The minimum absolute atomic E-state index is 0.205. The van der Waals surface area contributed by atoms with Crippen LogP contribution in [0.3, 0.4) is 0 Å². The SMILES string of the molecule is CCOC(=O)c1cc(CC)sc1NC(=O)COC(=O)CN1C(=O)[C@@H]2CCCC[C@H]2C1=O. The molecular formula is C21H26N2O7S. The van der Waals surface area contributed by atoms with Crippen LogP contribution in [0.1, 0.15) is 54.8 Å². The molecule has 10 heteroatoms. The fourth-order valence-electron chi connectivity index (χ4n) is 3.94. The molecule has 2 atom stereocenters. The summed E-state index contributed by atoms with van der Waals surface area (Å²) in [5.74, 6) is -3.35. The highest BCUT2D eigenvalue weighted by molar-refractivity contribution is 7.16. The van der Waals surface area contributed by atoms with Crippen LogP contribution in [-0.2, 0) is 35.1 Å². The van der Waals surface area contributed by atoms with Crippen molar-refractivity contribution >= 4 is 46.0 Å². The minimum atomic E-state index is -0.832. The Labute approximate surface area is 184 Å². The van der Waals surface area contributed by atoms with E-state index in [1.54, 1.807) is 13.0 Å². The van der Waals surface area contributed by atoms with Gasteiger partial charge in [0.25, 0.3) is 5.91 Å². The molecule has 2 fully saturated rings. The molecule has 3 rings (SSSR count). The van der Waals surface area contributed by atoms with Gasteiger partial charge in [-0.2, -0.15) is 0 Å². The van der Waals surface area contributed by atoms with Gasteiger partial charge in [0, 0.05) is 4.88 Å². The van der Waals surface area contributed by atoms with Crippen LogP contribution >= 0.6 is 11.3 Å². The van der Waals surface area contributed by atoms with E-state index in [0.29, 0.717) is 24.3 Å². The summed E-state index contributed by atoms with van der Waals surface area (Å²) in [6, 6.07) is 1.66. The summed E-state index contributed by atoms with van der Waals surface area (Å²) < 4.78 is 9.96. The highest BCUT2D eigenvalue weighted by Crippen LogP contribution is 2.37. The largest absolute Gasteiger partial charge is 0.462 e. The van der Waals surface area contributed by atoms with Gasteiger partial charge in [-0.25, -0.2) is 4.79 Å². The monoisotopic (exact) mass is 450 g/mol. The maximum atomic E-state index is 12.4. The molecule has 0 spiro atoms. The molecule has 1 N–H and O–H groups in total. The number of esters is 2. The Morgan fingerprint density at radius 1 is 1.10 bits per heavy atom. The fraction of sp³-hybridized carbons (Fsp3) is 0.571. The zero-order valence-electron chi connectivity index (χ0n) is 17.6. The number of thiophene rings is 1. The van der Waals surface area contributed by atoms with Crippen LogP contribution in [0.5, 0.6) is 0 Å². The topological polar surface area (TPSA) is 119 Å². The third-order valence-electron chi connectivity index (χ3n) is 5.46. The molecule has 9 nitrogen and oxygen atoms in total. The van der Waals surface area contributed by atoms with Crippen LogP contribution in [0.25, 0.3) is 0 Å². The highest BCUT2D eigenvalue weighted by atomic mass is 32.1. The predicted octanol–water partition coefficient (Wildman–Crippen LogP) is 2.14. The zero-order chi connectivity index (χ0) is 22.5. The van der Waals surface area contributed by atoms with Crippen molar-refractivity contribution in [3.05, 3.63) is 16.5 Å². The zero-order valence-corrected chi connectivity index (χ0v) is 18.4. The second kappa shape index (κ2) is 10.0. The molecule has 1 saturated carbocycles. The number of aryl methyl sites for hydroxylation is 1. The molecule has 168 valence electrons. The van der Waals surface area contributed by atoms with E-state index in [2.05, 4.69) is 5.32 Å². The first-order chi connectivity index (χ1) is 14.8. The van der Waals surface area contributed by atoms with Crippen molar-refractivity contribution in [2.24, 2.45) is 11.8 Å². The Morgan fingerprint density at radius 2 is 1.74 bits per heavy atom. The Kier molecular flexibility index (Phi) is 7.42. The molecule has 0 radical (unpaired) electrons. The van der Waals surface area contributed by atoms with Crippen LogP contribution in [0.15, 0.2) is 6.07 Å². The summed E-state index contributed by atoms with van der Waals surface area (Å²) in [5.41, 5.74) is 0.249. The number of ether oxygens (including phenoxy) is 2. The number of imide groups is 1. The molecule has 1 aromatic heterocycles. The number of carbonyl (C=O) groups excluding carboxylic acids is 5. The van der Waals surface area contributed by atoms with Crippen LogP contribution in [0.4, 0.5) is 5.00 Å². The summed E-state index contributed by atoms with van der Waals surface area (Å²) in [6.07, 6.45) is 3.80. The summed E-state index contributed by atoms with van der Waals surface area (Å²) >= 11 is 1.24. The second-order valence-corrected chi connectivity index (χ2v) is 8.64. The third-order valence-corrected chi connectivity index (χ3v) is 6.66. The molecule has 0 unspecified atom stereocenters. The first kappa shape index (κ1) is 22.9. The summed E-state index contributed by atoms with van der Waals surface area (Å²) in [4.78, 5) is 63.2. The van der Waals surface area contributed by atoms with E-state index in [1.165, 1.54) is 11.3 Å². The number of fused-ring (bicyclic) bond motifs is 1. The molecule has 1 aliphatic carbocycles. The normalized spacial score (nSPS) is 20.4. The number of carbonyl (C=O) groups is 5. The Hall–Kier alpha value is -2.75. The quantitative estimate of drug-likeness (QED) is 0.476. The van der Waals surface area contributed by atoms with Crippen molar-refractivity contribution in [3.63, 3.8) is 0 Å². The maximum absolute atomic E-state index is 12.4. The molecule has 31 heavy (non-hydrogen) atoms. The van der Waals surface area contributed by atoms with Gasteiger partial charge >= 0.3 is 11.9 Å². The van der Waals surface area contributed by atoms with E-state index < -0.39 is 31.0 Å². The van der Waals surface area contributed by atoms with Gasteiger partial charge in [0.15, 0.2) is 6.61 Å². The fourth-order valence-corrected chi connectivity index (χ4v) is 4.94. The molecule has 1 aliphatic heterocycles. The molecule has 0 bridgehead atoms. The molecular weight excluding hydrogens is 424 g/mol. The minimum Gasteiger partial charge on any atom is -0.462 e. The van der Waals surface area contributed by atoms with Crippen LogP contribution in [0, 0.1) is 11.8 Å². The number of nitrogens with zero attached hydrogens (tertiary/aromatic N) is 1. The lowest BCUT2D eigenvalue weighted by atomic mass is 9.81. The van der Waals surface area contributed by atoms with Crippen LogP contribution in [0.2, 0.25) is 0 Å². The number of hydrogen-bond acceptors (Lipinski definition) is 8. The van der Waals surface area contributed by atoms with Crippen molar-refractivity contribution in [3.8, 4) is 0 Å². The number of rotatable bonds is 8. The second-order valence-electron chi connectivity index (χ2n) is 7.50. The summed E-state index contributed by atoms with van der Waals surface area (Å²) in [6.45, 7) is 2.73. The maximum Gasteiger partial charge on any atom is 0.341 e. The number of amides is 3. The molecule has 0 aromatic carbocycles. The number of nitrogens with one attached hydrogen (secondary N) is 1. The van der Waals surface area contributed by atoms with Gasteiger partial charge in [-0.1, -0.05) is 19.8 Å². The van der Waals surface area contributed by atoms with Crippen molar-refractivity contribution < 1.29 is 33.4 Å². The molecule has 2 heterocycles. The average Bonchev–Trinajstić information content (AvgIpc) is 3.27.